The van der Waals surface area contributed by atoms with E-state index < -0.39 is 0 Å². The number of carbonyl (C=O) groups is 2. The molecule has 0 unspecified atom stereocenters. The lowest BCUT2D eigenvalue weighted by Gasteiger charge is -2.05. The van der Waals surface area contributed by atoms with Gasteiger partial charge in [-0.1, -0.05) is 76.8 Å². The molecule has 1 rings (SSSR count). The molecule has 0 aliphatic rings. The topological polar surface area (TPSA) is 43.4 Å². The van der Waals surface area contributed by atoms with Crippen LogP contribution >= 0.6 is 0 Å². The van der Waals surface area contributed by atoms with Crippen molar-refractivity contribution in [2.45, 2.75) is 71.1 Å². The van der Waals surface area contributed by atoms with E-state index in [0.717, 1.165) is 19.1 Å². The first-order valence-electron chi connectivity index (χ1n) is 9.00. The van der Waals surface area contributed by atoms with Crippen LogP contribution in [0.25, 0.3) is 0 Å². The number of hydrogen-bond donors (Lipinski definition) is 0. The predicted molar refractivity (Wildman–Crippen MR) is 94.0 cm³/mol. The van der Waals surface area contributed by atoms with Gasteiger partial charge in [0.05, 0.1) is 12.2 Å². The fourth-order valence-corrected chi connectivity index (χ4v) is 2.54. The molecule has 128 valence electrons. The van der Waals surface area contributed by atoms with Crippen LogP contribution in [0.15, 0.2) is 24.3 Å². The molecule has 0 aliphatic carbocycles. The van der Waals surface area contributed by atoms with Gasteiger partial charge in [0, 0.05) is 5.56 Å². The highest BCUT2D eigenvalue weighted by atomic mass is 16.5. The highest BCUT2D eigenvalue weighted by Crippen LogP contribution is 2.11. The molecule has 3 heteroatoms. The third-order valence-electron chi connectivity index (χ3n) is 4.01. The first-order valence-corrected chi connectivity index (χ1v) is 9.00. The van der Waals surface area contributed by atoms with E-state index >= 15 is 0 Å². The molecule has 0 fully saturated rings. The maximum Gasteiger partial charge on any atom is 0.338 e. The average Bonchev–Trinajstić information content (AvgIpc) is 2.59. The first-order chi connectivity index (χ1) is 11.3. The molecule has 0 heterocycles. The average molecular weight is 318 g/mol. The van der Waals surface area contributed by atoms with Crippen molar-refractivity contribution in [3.63, 3.8) is 0 Å². The Morgan fingerprint density at radius 1 is 0.870 bits per heavy atom. The van der Waals surface area contributed by atoms with Gasteiger partial charge in [0.1, 0.15) is 6.29 Å². The SMILES string of the molecule is CCCCCCCCCCCCOC(=O)c1ccc(C=O)cc1. The molecule has 0 spiro atoms. The summed E-state index contributed by atoms with van der Waals surface area (Å²) in [6, 6.07) is 6.52. The molecule has 0 bridgehead atoms. The zero-order chi connectivity index (χ0) is 16.8. The summed E-state index contributed by atoms with van der Waals surface area (Å²) < 4.78 is 5.25. The number of hydrogen-bond acceptors (Lipinski definition) is 3. The minimum absolute atomic E-state index is 0.307. The molecular weight excluding hydrogens is 288 g/mol. The fraction of sp³-hybridized carbons (Fsp3) is 0.600. The van der Waals surface area contributed by atoms with Crippen molar-refractivity contribution in [1.29, 1.82) is 0 Å². The molecule has 0 saturated carbocycles. The first kappa shape index (κ1) is 19.4. The molecule has 0 N–H and O–H groups in total. The standard InChI is InChI=1S/C20H30O3/c1-2-3-4-5-6-7-8-9-10-11-16-23-20(22)19-14-12-18(17-21)13-15-19/h12-15,17H,2-11,16H2,1H3. The van der Waals surface area contributed by atoms with Crippen molar-refractivity contribution < 1.29 is 14.3 Å². The Labute approximate surface area is 140 Å². The van der Waals surface area contributed by atoms with Crippen molar-refractivity contribution >= 4 is 12.3 Å². The minimum atomic E-state index is -0.307. The number of unbranched alkanes of at least 4 members (excludes halogenated alkanes) is 9. The molecule has 0 aromatic heterocycles. The quantitative estimate of drug-likeness (QED) is 0.271. The highest BCUT2D eigenvalue weighted by molar-refractivity contribution is 5.90. The maximum absolute atomic E-state index is 11.8. The Balaban J connectivity index is 1.97. The van der Waals surface area contributed by atoms with E-state index in [1.165, 1.54) is 51.4 Å². The Morgan fingerprint density at radius 3 is 1.91 bits per heavy atom. The number of ether oxygens (including phenoxy) is 1. The van der Waals surface area contributed by atoms with E-state index in [1.807, 2.05) is 0 Å². The largest absolute Gasteiger partial charge is 0.462 e. The second-order valence-electron chi connectivity index (χ2n) is 6.06. The van der Waals surface area contributed by atoms with Gasteiger partial charge in [0.2, 0.25) is 0 Å². The summed E-state index contributed by atoms with van der Waals surface area (Å²) in [5, 5.41) is 0. The number of benzene rings is 1. The van der Waals surface area contributed by atoms with Gasteiger partial charge < -0.3 is 4.74 Å². The van der Waals surface area contributed by atoms with Gasteiger partial charge in [-0.05, 0) is 18.6 Å². The number of carbonyl (C=O) groups excluding carboxylic acids is 2. The molecule has 3 nitrogen and oxygen atoms in total. The molecule has 1 aromatic carbocycles. The van der Waals surface area contributed by atoms with E-state index in [0.29, 0.717) is 17.7 Å². The fourth-order valence-electron chi connectivity index (χ4n) is 2.54. The van der Waals surface area contributed by atoms with Crippen molar-refractivity contribution in [3.05, 3.63) is 35.4 Å². The van der Waals surface area contributed by atoms with Crippen LogP contribution in [0.4, 0.5) is 0 Å². The second kappa shape index (κ2) is 12.9. The molecule has 1 aromatic rings. The maximum atomic E-state index is 11.8. The van der Waals surface area contributed by atoms with E-state index in [9.17, 15) is 9.59 Å². The van der Waals surface area contributed by atoms with Gasteiger partial charge in [0.15, 0.2) is 0 Å². The van der Waals surface area contributed by atoms with Crippen LogP contribution in [0.3, 0.4) is 0 Å². The van der Waals surface area contributed by atoms with Gasteiger partial charge in [0.25, 0.3) is 0 Å². The van der Waals surface area contributed by atoms with Crippen LogP contribution < -0.4 is 0 Å². The van der Waals surface area contributed by atoms with Crippen molar-refractivity contribution in [3.8, 4) is 0 Å². The third-order valence-corrected chi connectivity index (χ3v) is 4.01. The van der Waals surface area contributed by atoms with E-state index in [2.05, 4.69) is 6.92 Å². The predicted octanol–water partition coefficient (Wildman–Crippen LogP) is 5.58. The molecule has 0 aliphatic heterocycles. The normalized spacial score (nSPS) is 10.5. The van der Waals surface area contributed by atoms with Crippen molar-refractivity contribution in [2.75, 3.05) is 6.61 Å². The Morgan fingerprint density at radius 2 is 1.39 bits per heavy atom. The molecule has 0 amide bonds. The molecule has 0 saturated heterocycles. The van der Waals surface area contributed by atoms with Crippen LogP contribution in [0.5, 0.6) is 0 Å². The lowest BCUT2D eigenvalue weighted by molar-refractivity contribution is 0.0497. The number of rotatable bonds is 13. The van der Waals surface area contributed by atoms with Crippen molar-refractivity contribution in [2.24, 2.45) is 0 Å². The number of esters is 1. The summed E-state index contributed by atoms with van der Waals surface area (Å²) in [6.45, 7) is 2.72. The van der Waals surface area contributed by atoms with Gasteiger partial charge in [-0.2, -0.15) is 0 Å². The monoisotopic (exact) mass is 318 g/mol. The summed E-state index contributed by atoms with van der Waals surface area (Å²) >= 11 is 0. The summed E-state index contributed by atoms with van der Waals surface area (Å²) in [5.41, 5.74) is 1.07. The molecular formula is C20H30O3. The van der Waals surface area contributed by atoms with Gasteiger partial charge in [-0.25, -0.2) is 4.79 Å². The zero-order valence-electron chi connectivity index (χ0n) is 14.4. The van der Waals surface area contributed by atoms with E-state index in [1.54, 1.807) is 24.3 Å². The smallest absolute Gasteiger partial charge is 0.338 e. The van der Waals surface area contributed by atoms with Crippen LogP contribution in [0, 0.1) is 0 Å². The van der Waals surface area contributed by atoms with Gasteiger partial charge >= 0.3 is 5.97 Å². The summed E-state index contributed by atoms with van der Waals surface area (Å²) in [5.74, 6) is -0.307. The third kappa shape index (κ3) is 9.17. The summed E-state index contributed by atoms with van der Waals surface area (Å²) in [4.78, 5) is 22.4. The van der Waals surface area contributed by atoms with E-state index in [-0.39, 0.29) is 5.97 Å². The molecule has 0 atom stereocenters. The van der Waals surface area contributed by atoms with Gasteiger partial charge in [-0.3, -0.25) is 4.79 Å². The Bertz CT molecular complexity index is 437. The van der Waals surface area contributed by atoms with Gasteiger partial charge in [-0.15, -0.1) is 0 Å². The summed E-state index contributed by atoms with van der Waals surface area (Å²) in [6.07, 6.45) is 13.4. The number of aldehydes is 1. The Hall–Kier alpha value is -1.64. The van der Waals surface area contributed by atoms with Crippen molar-refractivity contribution in [1.82, 2.24) is 0 Å². The molecule has 23 heavy (non-hydrogen) atoms. The zero-order valence-corrected chi connectivity index (χ0v) is 14.4. The molecule has 0 radical (unpaired) electrons. The lowest BCUT2D eigenvalue weighted by atomic mass is 10.1. The van der Waals surface area contributed by atoms with Crippen LogP contribution in [-0.4, -0.2) is 18.9 Å². The van der Waals surface area contributed by atoms with Crippen LogP contribution in [0.2, 0.25) is 0 Å². The van der Waals surface area contributed by atoms with E-state index in [4.69, 9.17) is 4.74 Å². The second-order valence-corrected chi connectivity index (χ2v) is 6.06. The minimum Gasteiger partial charge on any atom is -0.462 e. The lowest BCUT2D eigenvalue weighted by Crippen LogP contribution is -2.06. The highest BCUT2D eigenvalue weighted by Gasteiger charge is 2.06. The summed E-state index contributed by atoms with van der Waals surface area (Å²) in [7, 11) is 0. The van der Waals surface area contributed by atoms with Crippen LogP contribution in [-0.2, 0) is 4.74 Å². The Kier molecular flexibility index (Phi) is 10.9. The van der Waals surface area contributed by atoms with Crippen LogP contribution in [0.1, 0.15) is 91.8 Å².